The van der Waals surface area contributed by atoms with Gasteiger partial charge >= 0.3 is 5.97 Å². The summed E-state index contributed by atoms with van der Waals surface area (Å²) in [5.41, 5.74) is 0.229. The Morgan fingerprint density at radius 2 is 1.93 bits per heavy atom. The van der Waals surface area contributed by atoms with Gasteiger partial charge in [0.25, 0.3) is 11.6 Å². The fourth-order valence-electron chi connectivity index (χ4n) is 2.34. The van der Waals surface area contributed by atoms with Crippen LogP contribution in [0.5, 0.6) is 0 Å². The summed E-state index contributed by atoms with van der Waals surface area (Å²) >= 11 is 13.0. The van der Waals surface area contributed by atoms with Gasteiger partial charge in [-0.2, -0.15) is 0 Å². The SMILES string of the molecule is CC(OC(=O)c1cc2cc([N+](=O)[O-])ccc2s1)C(=O)Nc1cc(Cl)ccc1Cl. The van der Waals surface area contributed by atoms with E-state index in [0.717, 1.165) is 11.3 Å². The van der Waals surface area contributed by atoms with E-state index in [1.54, 1.807) is 12.1 Å². The van der Waals surface area contributed by atoms with Crippen molar-refractivity contribution in [2.24, 2.45) is 0 Å². The first-order chi connectivity index (χ1) is 13.2. The zero-order chi connectivity index (χ0) is 20.4. The van der Waals surface area contributed by atoms with Gasteiger partial charge in [0.05, 0.1) is 15.6 Å². The van der Waals surface area contributed by atoms with Crippen LogP contribution in [0, 0.1) is 10.1 Å². The van der Waals surface area contributed by atoms with Gasteiger partial charge in [0.15, 0.2) is 6.10 Å². The third-order valence-electron chi connectivity index (χ3n) is 3.75. The number of anilines is 1. The number of hydrogen-bond donors (Lipinski definition) is 1. The number of amides is 1. The van der Waals surface area contributed by atoms with Crippen molar-refractivity contribution >= 4 is 67.9 Å². The lowest BCUT2D eigenvalue weighted by atomic mass is 10.2. The number of nitro groups is 1. The number of fused-ring (bicyclic) bond motifs is 1. The van der Waals surface area contributed by atoms with E-state index < -0.39 is 22.9 Å². The second kappa shape index (κ2) is 8.14. The van der Waals surface area contributed by atoms with Crippen LogP contribution in [-0.2, 0) is 9.53 Å². The molecule has 0 radical (unpaired) electrons. The molecule has 144 valence electrons. The summed E-state index contributed by atoms with van der Waals surface area (Å²) in [6.07, 6.45) is -1.10. The summed E-state index contributed by atoms with van der Waals surface area (Å²) in [6.45, 7) is 1.42. The molecule has 1 heterocycles. The van der Waals surface area contributed by atoms with Crippen molar-refractivity contribution in [1.29, 1.82) is 0 Å². The lowest BCUT2D eigenvalue weighted by Crippen LogP contribution is -2.29. The Labute approximate surface area is 173 Å². The first kappa shape index (κ1) is 20.1. The molecule has 0 spiro atoms. The van der Waals surface area contributed by atoms with Gasteiger partial charge in [0.1, 0.15) is 4.88 Å². The molecule has 0 aliphatic carbocycles. The lowest BCUT2D eigenvalue weighted by molar-refractivity contribution is -0.384. The van der Waals surface area contributed by atoms with E-state index in [2.05, 4.69) is 5.32 Å². The van der Waals surface area contributed by atoms with Gasteiger partial charge < -0.3 is 10.1 Å². The highest BCUT2D eigenvalue weighted by molar-refractivity contribution is 7.20. The highest BCUT2D eigenvalue weighted by atomic mass is 35.5. The molecule has 0 aliphatic rings. The molecule has 1 aromatic heterocycles. The minimum absolute atomic E-state index is 0.0728. The van der Waals surface area contributed by atoms with Crippen molar-refractivity contribution in [3.05, 3.63) is 67.5 Å². The predicted octanol–water partition coefficient (Wildman–Crippen LogP) is 5.30. The van der Waals surface area contributed by atoms with Gasteiger partial charge in [-0.15, -0.1) is 11.3 Å². The van der Waals surface area contributed by atoms with Gasteiger partial charge in [-0.3, -0.25) is 14.9 Å². The number of non-ortho nitro benzene ring substituents is 1. The quantitative estimate of drug-likeness (QED) is 0.331. The summed E-state index contributed by atoms with van der Waals surface area (Å²) < 4.78 is 5.89. The van der Waals surface area contributed by atoms with E-state index in [4.69, 9.17) is 27.9 Å². The molecule has 28 heavy (non-hydrogen) atoms. The van der Waals surface area contributed by atoms with Gasteiger partial charge in [-0.1, -0.05) is 23.2 Å². The van der Waals surface area contributed by atoms with Crippen molar-refractivity contribution in [2.45, 2.75) is 13.0 Å². The van der Waals surface area contributed by atoms with Gasteiger partial charge in [-0.05, 0) is 37.3 Å². The molecular weight excluding hydrogens is 427 g/mol. The molecule has 7 nitrogen and oxygen atoms in total. The number of nitrogens with one attached hydrogen (secondary N) is 1. The predicted molar refractivity (Wildman–Crippen MR) is 108 cm³/mol. The zero-order valence-electron chi connectivity index (χ0n) is 14.3. The third kappa shape index (κ3) is 4.41. The molecule has 0 bridgehead atoms. The summed E-state index contributed by atoms with van der Waals surface area (Å²) in [6, 6.07) is 10.4. The maximum atomic E-state index is 12.3. The normalized spacial score (nSPS) is 11.8. The Hall–Kier alpha value is -2.68. The minimum Gasteiger partial charge on any atom is -0.448 e. The molecule has 0 aliphatic heterocycles. The van der Waals surface area contributed by atoms with Crippen LogP contribution in [0.4, 0.5) is 11.4 Å². The molecule has 0 fully saturated rings. The fourth-order valence-corrected chi connectivity index (χ4v) is 3.61. The number of carbonyl (C=O) groups excluding carboxylic acids is 2. The van der Waals surface area contributed by atoms with Crippen molar-refractivity contribution in [1.82, 2.24) is 0 Å². The Morgan fingerprint density at radius 3 is 2.64 bits per heavy atom. The summed E-state index contributed by atoms with van der Waals surface area (Å²) in [7, 11) is 0. The molecule has 1 amide bonds. The largest absolute Gasteiger partial charge is 0.448 e. The van der Waals surface area contributed by atoms with Crippen LogP contribution >= 0.6 is 34.5 Å². The van der Waals surface area contributed by atoms with Gasteiger partial charge in [0, 0.05) is 27.2 Å². The maximum Gasteiger partial charge on any atom is 0.349 e. The number of ether oxygens (including phenoxy) is 1. The molecule has 0 saturated heterocycles. The monoisotopic (exact) mass is 438 g/mol. The molecule has 1 atom stereocenters. The number of benzene rings is 2. The van der Waals surface area contributed by atoms with Crippen LogP contribution in [0.3, 0.4) is 0 Å². The average molecular weight is 439 g/mol. The molecule has 2 aromatic carbocycles. The standard InChI is InChI=1S/C18H12Cl2N2O5S/c1-9(17(23)21-14-8-11(19)2-4-13(14)20)27-18(24)16-7-10-6-12(22(25)26)3-5-15(10)28-16/h2-9H,1H3,(H,21,23). The number of rotatable bonds is 5. The Balaban J connectivity index is 1.71. The lowest BCUT2D eigenvalue weighted by Gasteiger charge is -2.14. The number of hydrogen-bond acceptors (Lipinski definition) is 6. The molecule has 10 heteroatoms. The van der Waals surface area contributed by atoms with Crippen LogP contribution in [0.1, 0.15) is 16.6 Å². The molecule has 1 unspecified atom stereocenters. The van der Waals surface area contributed by atoms with Crippen LogP contribution in [0.15, 0.2) is 42.5 Å². The summed E-state index contributed by atoms with van der Waals surface area (Å²) in [5.74, 6) is -1.28. The first-order valence-electron chi connectivity index (χ1n) is 7.89. The van der Waals surface area contributed by atoms with Crippen molar-refractivity contribution in [2.75, 3.05) is 5.32 Å². The first-order valence-corrected chi connectivity index (χ1v) is 9.46. The Bertz CT molecular complexity index is 1100. The Morgan fingerprint density at radius 1 is 1.18 bits per heavy atom. The second-order valence-electron chi connectivity index (χ2n) is 5.75. The van der Waals surface area contributed by atoms with Gasteiger partial charge in [-0.25, -0.2) is 4.79 Å². The fraction of sp³-hybridized carbons (Fsp3) is 0.111. The van der Waals surface area contributed by atoms with Crippen LogP contribution in [0.2, 0.25) is 10.0 Å². The summed E-state index contributed by atoms with van der Waals surface area (Å²) in [4.78, 5) is 35.2. The molecule has 1 N–H and O–H groups in total. The highest BCUT2D eigenvalue weighted by Crippen LogP contribution is 2.30. The van der Waals surface area contributed by atoms with Crippen molar-refractivity contribution in [3.63, 3.8) is 0 Å². The number of carbonyl (C=O) groups is 2. The number of thiophene rings is 1. The van der Waals surface area contributed by atoms with Gasteiger partial charge in [0.2, 0.25) is 0 Å². The van der Waals surface area contributed by atoms with Crippen LogP contribution in [0.25, 0.3) is 10.1 Å². The Kier molecular flexibility index (Phi) is 5.83. The number of esters is 1. The molecule has 0 saturated carbocycles. The van der Waals surface area contributed by atoms with E-state index in [1.165, 1.54) is 37.3 Å². The highest BCUT2D eigenvalue weighted by Gasteiger charge is 2.22. The number of nitrogens with zero attached hydrogens (tertiary/aromatic N) is 1. The van der Waals surface area contributed by atoms with Crippen molar-refractivity contribution in [3.8, 4) is 0 Å². The third-order valence-corrected chi connectivity index (χ3v) is 5.41. The zero-order valence-corrected chi connectivity index (χ0v) is 16.6. The smallest absolute Gasteiger partial charge is 0.349 e. The minimum atomic E-state index is -1.10. The second-order valence-corrected chi connectivity index (χ2v) is 7.68. The number of nitro benzene ring substituents is 1. The molecular formula is C18H12Cl2N2O5S. The maximum absolute atomic E-state index is 12.3. The van der Waals surface area contributed by atoms with Crippen LogP contribution in [-0.4, -0.2) is 22.9 Å². The molecule has 3 aromatic rings. The van der Waals surface area contributed by atoms with E-state index in [0.29, 0.717) is 25.8 Å². The van der Waals surface area contributed by atoms with E-state index >= 15 is 0 Å². The van der Waals surface area contributed by atoms with E-state index in [9.17, 15) is 19.7 Å². The van der Waals surface area contributed by atoms with Crippen LogP contribution < -0.4 is 5.32 Å². The molecule has 3 rings (SSSR count). The average Bonchev–Trinajstić information content (AvgIpc) is 3.08. The van der Waals surface area contributed by atoms with Crippen molar-refractivity contribution < 1.29 is 19.2 Å². The summed E-state index contributed by atoms with van der Waals surface area (Å²) in [5, 5.41) is 14.6. The topological polar surface area (TPSA) is 98.5 Å². The number of halogens is 2. The van der Waals surface area contributed by atoms with E-state index in [-0.39, 0.29) is 10.6 Å². The van der Waals surface area contributed by atoms with E-state index in [1.807, 2.05) is 0 Å².